The molecule has 132 valence electrons. The van der Waals surface area contributed by atoms with Crippen LogP contribution in [-0.4, -0.2) is 58.4 Å². The zero-order valence-corrected chi connectivity index (χ0v) is 14.5. The van der Waals surface area contributed by atoms with Crippen molar-refractivity contribution in [2.45, 2.75) is 88.1 Å². The lowest BCUT2D eigenvalue weighted by Crippen LogP contribution is -2.57. The van der Waals surface area contributed by atoms with Crippen molar-refractivity contribution in [3.8, 4) is 0 Å². The molecule has 22 heavy (non-hydrogen) atoms. The van der Waals surface area contributed by atoms with Crippen molar-refractivity contribution in [1.29, 1.82) is 0 Å². The van der Waals surface area contributed by atoms with E-state index < -0.39 is 29.9 Å². The second-order valence-corrected chi connectivity index (χ2v) is 6.64. The van der Waals surface area contributed by atoms with Gasteiger partial charge in [-0.15, -0.1) is 0 Å². The zero-order chi connectivity index (χ0) is 16.4. The van der Waals surface area contributed by atoms with E-state index in [0.717, 1.165) is 12.8 Å². The van der Waals surface area contributed by atoms with E-state index in [0.29, 0.717) is 6.61 Å². The molecular weight excluding hydrogens is 304 g/mol. The minimum absolute atomic E-state index is 0.351. The third-order valence-electron chi connectivity index (χ3n) is 4.13. The molecule has 3 N–H and O–H groups in total. The van der Waals surface area contributed by atoms with Gasteiger partial charge in [-0.1, -0.05) is 51.9 Å². The molecule has 1 aliphatic heterocycles. The van der Waals surface area contributed by atoms with Crippen LogP contribution >= 0.6 is 12.6 Å². The summed E-state index contributed by atoms with van der Waals surface area (Å²) < 4.78 is 11.1. The molecule has 0 aromatic heterocycles. The van der Waals surface area contributed by atoms with Crippen molar-refractivity contribution in [2.75, 3.05) is 13.2 Å². The predicted molar refractivity (Wildman–Crippen MR) is 89.1 cm³/mol. The highest BCUT2D eigenvalue weighted by molar-refractivity contribution is 7.81. The van der Waals surface area contributed by atoms with Crippen LogP contribution < -0.4 is 0 Å². The van der Waals surface area contributed by atoms with E-state index in [1.165, 1.54) is 38.5 Å². The first-order chi connectivity index (χ1) is 10.6. The van der Waals surface area contributed by atoms with Gasteiger partial charge in [-0.25, -0.2) is 0 Å². The second kappa shape index (κ2) is 11.6. The Morgan fingerprint density at radius 1 is 0.955 bits per heavy atom. The number of hydrogen-bond acceptors (Lipinski definition) is 6. The molecular formula is C16H32O5S. The van der Waals surface area contributed by atoms with Gasteiger partial charge in [0.1, 0.15) is 12.2 Å². The summed E-state index contributed by atoms with van der Waals surface area (Å²) in [6.07, 6.45) is 6.08. The van der Waals surface area contributed by atoms with Crippen LogP contribution in [0.2, 0.25) is 0 Å². The van der Waals surface area contributed by atoms with E-state index in [4.69, 9.17) is 14.6 Å². The number of thiol groups is 1. The smallest absolute Gasteiger partial charge is 0.172 e. The number of aliphatic hydroxyl groups is 3. The highest BCUT2D eigenvalue weighted by atomic mass is 32.1. The molecule has 6 heteroatoms. The fourth-order valence-electron chi connectivity index (χ4n) is 2.64. The summed E-state index contributed by atoms with van der Waals surface area (Å²) in [6, 6.07) is 0. The summed E-state index contributed by atoms with van der Waals surface area (Å²) in [6.45, 7) is 2.41. The van der Waals surface area contributed by atoms with Crippen molar-refractivity contribution in [3.63, 3.8) is 0 Å². The maximum absolute atomic E-state index is 9.86. The Balaban J connectivity index is 2.11. The Morgan fingerprint density at radius 3 is 2.14 bits per heavy atom. The molecule has 5 nitrogen and oxygen atoms in total. The maximum atomic E-state index is 9.86. The maximum Gasteiger partial charge on any atom is 0.172 e. The summed E-state index contributed by atoms with van der Waals surface area (Å²) in [5.74, 6) is 0. The van der Waals surface area contributed by atoms with Crippen molar-refractivity contribution in [3.05, 3.63) is 0 Å². The molecule has 1 rings (SSSR count). The van der Waals surface area contributed by atoms with Crippen LogP contribution in [-0.2, 0) is 9.47 Å². The molecule has 0 bridgehead atoms. The molecule has 5 atom stereocenters. The largest absolute Gasteiger partial charge is 0.394 e. The van der Waals surface area contributed by atoms with Crippen molar-refractivity contribution >= 4 is 12.6 Å². The average molecular weight is 336 g/mol. The van der Waals surface area contributed by atoms with Crippen LogP contribution in [0.3, 0.4) is 0 Å². The van der Waals surface area contributed by atoms with Crippen molar-refractivity contribution in [1.82, 2.24) is 0 Å². The first kappa shape index (κ1) is 20.2. The fourth-order valence-corrected chi connectivity index (χ4v) is 2.97. The topological polar surface area (TPSA) is 79.2 Å². The SMILES string of the molecule is CCCCCCCCCCOC1O[C@H](CO)[C@@H](O)[C@H](O)[C@H]1S. The predicted octanol–water partition coefficient (Wildman–Crippen LogP) is 1.88. The lowest BCUT2D eigenvalue weighted by molar-refractivity contribution is -0.252. The number of hydrogen-bond donors (Lipinski definition) is 4. The number of ether oxygens (including phenoxy) is 2. The van der Waals surface area contributed by atoms with Gasteiger partial charge in [-0.3, -0.25) is 0 Å². The van der Waals surface area contributed by atoms with Gasteiger partial charge < -0.3 is 24.8 Å². The fraction of sp³-hybridized carbons (Fsp3) is 1.00. The Labute approximate surface area is 139 Å². The third kappa shape index (κ3) is 6.72. The summed E-state index contributed by atoms with van der Waals surface area (Å²) in [5.41, 5.74) is 0. The van der Waals surface area contributed by atoms with Gasteiger partial charge in [0.05, 0.1) is 18.0 Å². The first-order valence-electron chi connectivity index (χ1n) is 8.54. The minimum Gasteiger partial charge on any atom is -0.394 e. The molecule has 1 aliphatic rings. The molecule has 0 amide bonds. The quantitative estimate of drug-likeness (QED) is 0.342. The molecule has 1 saturated heterocycles. The lowest BCUT2D eigenvalue weighted by atomic mass is 10.0. The van der Waals surface area contributed by atoms with Crippen molar-refractivity contribution in [2.24, 2.45) is 0 Å². The zero-order valence-electron chi connectivity index (χ0n) is 13.6. The number of unbranched alkanes of at least 4 members (excludes halogenated alkanes) is 7. The van der Waals surface area contributed by atoms with E-state index in [1.54, 1.807) is 0 Å². The molecule has 1 heterocycles. The first-order valence-corrected chi connectivity index (χ1v) is 9.05. The molecule has 0 aromatic rings. The van der Waals surface area contributed by atoms with Crippen LogP contribution in [0, 0.1) is 0 Å². The summed E-state index contributed by atoms with van der Waals surface area (Å²) >= 11 is 4.24. The second-order valence-electron chi connectivity index (χ2n) is 6.04. The highest BCUT2D eigenvalue weighted by Gasteiger charge is 2.42. The molecule has 1 unspecified atom stereocenters. The van der Waals surface area contributed by atoms with Gasteiger partial charge in [0.2, 0.25) is 0 Å². The monoisotopic (exact) mass is 336 g/mol. The van der Waals surface area contributed by atoms with E-state index in [2.05, 4.69) is 19.6 Å². The van der Waals surface area contributed by atoms with Gasteiger partial charge in [0.25, 0.3) is 0 Å². The molecule has 0 saturated carbocycles. The summed E-state index contributed by atoms with van der Waals surface area (Å²) in [4.78, 5) is 0. The third-order valence-corrected chi connectivity index (χ3v) is 4.68. The standard InChI is InChI=1S/C16H32O5S/c1-2-3-4-5-6-7-8-9-10-20-16-15(22)14(19)13(18)12(11-17)21-16/h12-19,22H,2-11H2,1H3/t12-,13-,14+,15-,16?/m1/s1. The lowest BCUT2D eigenvalue weighted by Gasteiger charge is -2.40. The molecule has 0 spiro atoms. The average Bonchev–Trinajstić information content (AvgIpc) is 2.53. The Hall–Kier alpha value is 0.150. The molecule has 1 fully saturated rings. The van der Waals surface area contributed by atoms with Gasteiger partial charge in [0, 0.05) is 6.61 Å². The normalized spacial score (nSPS) is 32.3. The van der Waals surface area contributed by atoms with Gasteiger partial charge >= 0.3 is 0 Å². The number of rotatable bonds is 11. The summed E-state index contributed by atoms with van der Waals surface area (Å²) in [7, 11) is 0. The minimum atomic E-state index is -1.13. The van der Waals surface area contributed by atoms with Crippen LogP contribution in [0.1, 0.15) is 58.3 Å². The number of aliphatic hydroxyl groups excluding tert-OH is 3. The van der Waals surface area contributed by atoms with Gasteiger partial charge in [0.15, 0.2) is 6.29 Å². The molecule has 0 aliphatic carbocycles. The van der Waals surface area contributed by atoms with Gasteiger partial charge in [-0.05, 0) is 6.42 Å². The van der Waals surface area contributed by atoms with E-state index in [1.807, 2.05) is 0 Å². The van der Waals surface area contributed by atoms with Crippen molar-refractivity contribution < 1.29 is 24.8 Å². The van der Waals surface area contributed by atoms with E-state index in [9.17, 15) is 10.2 Å². The van der Waals surface area contributed by atoms with Crippen LogP contribution in [0.5, 0.6) is 0 Å². The molecule has 0 aromatic carbocycles. The highest BCUT2D eigenvalue weighted by Crippen LogP contribution is 2.25. The van der Waals surface area contributed by atoms with Crippen LogP contribution in [0.4, 0.5) is 0 Å². The Kier molecular flexibility index (Phi) is 10.7. The van der Waals surface area contributed by atoms with Gasteiger partial charge in [-0.2, -0.15) is 12.6 Å². The Bertz CT molecular complexity index is 277. The molecule has 0 radical (unpaired) electrons. The Morgan fingerprint density at radius 2 is 1.55 bits per heavy atom. The summed E-state index contributed by atoms with van der Waals surface area (Å²) in [5, 5.41) is 28.1. The van der Waals surface area contributed by atoms with Crippen LogP contribution in [0.15, 0.2) is 0 Å². The van der Waals surface area contributed by atoms with E-state index in [-0.39, 0.29) is 6.61 Å². The van der Waals surface area contributed by atoms with E-state index >= 15 is 0 Å². The van der Waals surface area contributed by atoms with Crippen LogP contribution in [0.25, 0.3) is 0 Å².